The highest BCUT2D eigenvalue weighted by Gasteiger charge is 2.34. The van der Waals surface area contributed by atoms with Crippen molar-refractivity contribution in [3.8, 4) is 28.4 Å². The fourth-order valence-electron chi connectivity index (χ4n) is 4.63. The second-order valence-corrected chi connectivity index (χ2v) is 7.84. The minimum atomic E-state index is -0.331. The predicted molar refractivity (Wildman–Crippen MR) is 118 cm³/mol. The summed E-state index contributed by atoms with van der Waals surface area (Å²) in [5, 5.41) is 0. The van der Waals surface area contributed by atoms with Crippen molar-refractivity contribution < 1.29 is 19.0 Å². The highest BCUT2D eigenvalue weighted by atomic mass is 16.5. The maximum absolute atomic E-state index is 12.1. The van der Waals surface area contributed by atoms with Gasteiger partial charge in [0, 0.05) is 23.7 Å². The molecule has 1 aliphatic carbocycles. The first kappa shape index (κ1) is 20.7. The Bertz CT molecular complexity index is 889. The topological polar surface area (TPSA) is 48.0 Å². The lowest BCUT2D eigenvalue weighted by Gasteiger charge is -2.17. The van der Waals surface area contributed by atoms with Gasteiger partial charge in [-0.25, -0.2) is 0 Å². The number of benzene rings is 2. The smallest absolute Gasteiger partial charge is 0.131 e. The van der Waals surface area contributed by atoms with Crippen LogP contribution in [0.25, 0.3) is 11.1 Å². The molecule has 1 atom stereocenters. The van der Waals surface area contributed by atoms with Gasteiger partial charge in [0.15, 0.2) is 0 Å². The molecule has 1 heterocycles. The summed E-state index contributed by atoms with van der Waals surface area (Å²) in [4.78, 5) is 14.6. The number of hydrogen-bond donors (Lipinski definition) is 0. The van der Waals surface area contributed by atoms with Crippen molar-refractivity contribution in [1.82, 2.24) is 4.90 Å². The van der Waals surface area contributed by atoms with Crippen LogP contribution in [0.5, 0.6) is 17.2 Å². The Kier molecular flexibility index (Phi) is 6.58. The Hall–Kier alpha value is -2.53. The first-order valence-electron chi connectivity index (χ1n) is 11.1. The summed E-state index contributed by atoms with van der Waals surface area (Å²) >= 11 is 0. The number of carbonyl (C=O) groups is 1. The fourth-order valence-corrected chi connectivity index (χ4v) is 4.63. The lowest BCUT2D eigenvalue weighted by Crippen LogP contribution is -2.21. The molecule has 0 radical (unpaired) electrons. The summed E-state index contributed by atoms with van der Waals surface area (Å²) in [5.74, 6) is 1.97. The van der Waals surface area contributed by atoms with Crippen LogP contribution >= 0.6 is 0 Å². The zero-order chi connectivity index (χ0) is 20.9. The molecule has 5 nitrogen and oxygen atoms in total. The minimum Gasteiger partial charge on any atom is -0.494 e. The highest BCUT2D eigenvalue weighted by Crippen LogP contribution is 2.53. The normalized spacial score (nSPS) is 17.5. The van der Waals surface area contributed by atoms with E-state index in [2.05, 4.69) is 4.90 Å². The van der Waals surface area contributed by atoms with Crippen LogP contribution in [0.2, 0.25) is 0 Å². The lowest BCUT2D eigenvalue weighted by atomic mass is 9.98. The third kappa shape index (κ3) is 4.04. The van der Waals surface area contributed by atoms with Gasteiger partial charge in [0.25, 0.3) is 0 Å². The summed E-state index contributed by atoms with van der Waals surface area (Å²) < 4.78 is 18.0. The number of carbonyl (C=O) groups excluding carboxylic acids is 1. The van der Waals surface area contributed by atoms with E-state index in [1.807, 2.05) is 44.2 Å². The number of hydrogen-bond acceptors (Lipinski definition) is 5. The zero-order valence-electron chi connectivity index (χ0n) is 18.0. The van der Waals surface area contributed by atoms with Gasteiger partial charge < -0.3 is 23.9 Å². The van der Waals surface area contributed by atoms with Gasteiger partial charge in [-0.1, -0.05) is 12.1 Å². The molecule has 0 spiro atoms. The molecule has 0 N–H and O–H groups in total. The van der Waals surface area contributed by atoms with Gasteiger partial charge in [-0.05, 0) is 69.5 Å². The van der Waals surface area contributed by atoms with Crippen molar-refractivity contribution in [3.05, 3.63) is 41.5 Å². The number of fused-ring (bicyclic) bond motifs is 3. The molecule has 2 aliphatic rings. The van der Waals surface area contributed by atoms with Crippen molar-refractivity contribution in [3.63, 3.8) is 0 Å². The second-order valence-electron chi connectivity index (χ2n) is 7.84. The fraction of sp³-hybridized carbons (Fsp3) is 0.480. The van der Waals surface area contributed by atoms with Crippen LogP contribution < -0.4 is 14.2 Å². The molecular formula is C25H31NO4. The average molecular weight is 410 g/mol. The molecule has 1 saturated heterocycles. The Morgan fingerprint density at radius 2 is 1.73 bits per heavy atom. The Morgan fingerprint density at radius 3 is 2.47 bits per heavy atom. The molecule has 1 aliphatic heterocycles. The van der Waals surface area contributed by atoms with Gasteiger partial charge in [-0.2, -0.15) is 0 Å². The number of likely N-dealkylation sites (tertiary alicyclic amines) is 1. The van der Waals surface area contributed by atoms with E-state index in [-0.39, 0.29) is 5.92 Å². The average Bonchev–Trinajstić information content (AvgIpc) is 3.37. The molecule has 1 unspecified atom stereocenters. The minimum absolute atomic E-state index is 0.331. The van der Waals surface area contributed by atoms with Gasteiger partial charge in [0.1, 0.15) is 23.5 Å². The van der Waals surface area contributed by atoms with Gasteiger partial charge >= 0.3 is 0 Å². The van der Waals surface area contributed by atoms with Gasteiger partial charge in [0.05, 0.1) is 25.7 Å². The van der Waals surface area contributed by atoms with E-state index in [1.165, 1.54) is 25.9 Å². The molecule has 1 fully saturated rings. The largest absolute Gasteiger partial charge is 0.494 e. The van der Waals surface area contributed by atoms with Crippen molar-refractivity contribution >= 4 is 6.29 Å². The molecule has 30 heavy (non-hydrogen) atoms. The number of nitrogens with zero attached hydrogens (tertiary/aromatic N) is 1. The first-order valence-corrected chi connectivity index (χ1v) is 11.1. The molecular weight excluding hydrogens is 378 g/mol. The molecule has 4 rings (SSSR count). The van der Waals surface area contributed by atoms with E-state index in [0.717, 1.165) is 58.8 Å². The monoisotopic (exact) mass is 409 g/mol. The third-order valence-electron chi connectivity index (χ3n) is 5.91. The lowest BCUT2D eigenvalue weighted by molar-refractivity contribution is -0.108. The summed E-state index contributed by atoms with van der Waals surface area (Å²) in [6.45, 7) is 9.17. The molecule has 160 valence electrons. The zero-order valence-corrected chi connectivity index (χ0v) is 18.0. The molecule has 5 heteroatoms. The summed E-state index contributed by atoms with van der Waals surface area (Å²) in [6.07, 6.45) is 4.62. The SMILES string of the molecule is CCOc1cc(OCC)c2c(c1)C(C=O)c1cccc(OCCCN3CCCC3)c1-2. The van der Waals surface area contributed by atoms with E-state index in [4.69, 9.17) is 14.2 Å². The molecule has 0 bridgehead atoms. The molecule has 2 aromatic rings. The van der Waals surface area contributed by atoms with Gasteiger partial charge in [-0.15, -0.1) is 0 Å². The second kappa shape index (κ2) is 9.52. The van der Waals surface area contributed by atoms with Crippen molar-refractivity contribution in [2.24, 2.45) is 0 Å². The quantitative estimate of drug-likeness (QED) is 0.422. The van der Waals surface area contributed by atoms with Crippen molar-refractivity contribution in [1.29, 1.82) is 0 Å². The van der Waals surface area contributed by atoms with Crippen LogP contribution in [0.1, 0.15) is 50.2 Å². The number of rotatable bonds is 10. The Morgan fingerprint density at radius 1 is 0.967 bits per heavy atom. The van der Waals surface area contributed by atoms with E-state index in [9.17, 15) is 4.79 Å². The Labute approximate surface area is 178 Å². The van der Waals surface area contributed by atoms with Crippen LogP contribution in [0, 0.1) is 0 Å². The Balaban J connectivity index is 1.64. The third-order valence-corrected chi connectivity index (χ3v) is 5.91. The van der Waals surface area contributed by atoms with E-state index in [0.29, 0.717) is 19.8 Å². The maximum atomic E-state index is 12.1. The first-order chi connectivity index (χ1) is 14.8. The molecule has 0 saturated carbocycles. The summed E-state index contributed by atoms with van der Waals surface area (Å²) in [5.41, 5.74) is 3.86. The predicted octanol–water partition coefficient (Wildman–Crippen LogP) is 4.66. The molecule has 2 aromatic carbocycles. The van der Waals surface area contributed by atoms with Crippen molar-refractivity contribution in [2.75, 3.05) is 39.5 Å². The van der Waals surface area contributed by atoms with E-state index in [1.54, 1.807) is 0 Å². The van der Waals surface area contributed by atoms with Crippen LogP contribution in [-0.4, -0.2) is 50.6 Å². The summed E-state index contributed by atoms with van der Waals surface area (Å²) in [7, 11) is 0. The van der Waals surface area contributed by atoms with Crippen molar-refractivity contribution in [2.45, 2.75) is 39.0 Å². The maximum Gasteiger partial charge on any atom is 0.131 e. The molecule has 0 amide bonds. The highest BCUT2D eigenvalue weighted by molar-refractivity contribution is 5.94. The molecule has 0 aromatic heterocycles. The standard InChI is InChI=1S/C25H31NO4/c1-3-28-18-15-20-21(17-27)19-9-7-10-22(24(19)25(20)23(16-18)29-4-2)30-14-8-13-26-11-5-6-12-26/h7,9-10,15-17,21H,3-6,8,11-14H2,1-2H3. The number of ether oxygens (including phenoxy) is 3. The van der Waals surface area contributed by atoms with Gasteiger partial charge in [-0.3, -0.25) is 0 Å². The number of aldehydes is 1. The van der Waals surface area contributed by atoms with Crippen LogP contribution in [0.3, 0.4) is 0 Å². The summed E-state index contributed by atoms with van der Waals surface area (Å²) in [6, 6.07) is 9.88. The van der Waals surface area contributed by atoms with Crippen LogP contribution in [0.4, 0.5) is 0 Å². The van der Waals surface area contributed by atoms with E-state index >= 15 is 0 Å². The van der Waals surface area contributed by atoms with Gasteiger partial charge in [0.2, 0.25) is 0 Å². The van der Waals surface area contributed by atoms with E-state index < -0.39 is 0 Å². The van der Waals surface area contributed by atoms with Crippen LogP contribution in [-0.2, 0) is 4.79 Å². The van der Waals surface area contributed by atoms with Crippen LogP contribution in [0.15, 0.2) is 30.3 Å².